The zero-order valence-electron chi connectivity index (χ0n) is 11.7. The molecule has 2 rings (SSSR count). The van der Waals surface area contributed by atoms with Crippen molar-refractivity contribution in [3.05, 3.63) is 24.3 Å². The van der Waals surface area contributed by atoms with E-state index in [0.29, 0.717) is 5.69 Å². The number of carbonyl (C=O) groups is 2. The van der Waals surface area contributed by atoms with E-state index in [-0.39, 0.29) is 24.4 Å². The first-order chi connectivity index (χ1) is 9.60. The van der Waals surface area contributed by atoms with Crippen LogP contribution in [0.1, 0.15) is 6.42 Å². The third-order valence-electron chi connectivity index (χ3n) is 3.31. The minimum absolute atomic E-state index is 0.0437. The van der Waals surface area contributed by atoms with Gasteiger partial charge in [-0.2, -0.15) is 0 Å². The molecule has 108 valence electrons. The fourth-order valence-electron chi connectivity index (χ4n) is 2.11. The highest BCUT2D eigenvalue weighted by Crippen LogP contribution is 2.14. The van der Waals surface area contributed by atoms with Gasteiger partial charge < -0.3 is 15.0 Å². The van der Waals surface area contributed by atoms with Gasteiger partial charge in [-0.25, -0.2) is 0 Å². The highest BCUT2D eigenvalue weighted by molar-refractivity contribution is 5.93. The number of hydrogen-bond acceptors (Lipinski definition) is 4. The van der Waals surface area contributed by atoms with E-state index in [1.54, 1.807) is 43.3 Å². The van der Waals surface area contributed by atoms with Crippen LogP contribution in [-0.2, 0) is 9.59 Å². The third kappa shape index (κ3) is 3.48. The van der Waals surface area contributed by atoms with Gasteiger partial charge in [0.1, 0.15) is 5.75 Å². The average Bonchev–Trinajstić information content (AvgIpc) is 2.77. The van der Waals surface area contributed by atoms with Gasteiger partial charge in [0.05, 0.1) is 19.7 Å². The van der Waals surface area contributed by atoms with Crippen LogP contribution in [0.25, 0.3) is 0 Å². The Morgan fingerprint density at radius 1 is 1.40 bits per heavy atom. The molecule has 0 aliphatic carbocycles. The number of likely N-dealkylation sites (tertiary alicyclic amines) is 1. The number of anilines is 1. The van der Waals surface area contributed by atoms with E-state index in [0.717, 1.165) is 18.7 Å². The maximum Gasteiger partial charge on any atom is 0.239 e. The smallest absolute Gasteiger partial charge is 0.239 e. The zero-order chi connectivity index (χ0) is 14.5. The third-order valence-corrected chi connectivity index (χ3v) is 3.31. The summed E-state index contributed by atoms with van der Waals surface area (Å²) in [6.45, 7) is 0.854. The molecule has 1 atom stereocenters. The van der Waals surface area contributed by atoms with Crippen molar-refractivity contribution in [2.24, 2.45) is 0 Å². The molecule has 0 bridgehead atoms. The van der Waals surface area contributed by atoms with Gasteiger partial charge in [-0.15, -0.1) is 0 Å². The number of rotatable bonds is 5. The van der Waals surface area contributed by atoms with Crippen LogP contribution >= 0.6 is 0 Å². The lowest BCUT2D eigenvalue weighted by Crippen LogP contribution is -2.41. The Hall–Kier alpha value is -2.08. The lowest BCUT2D eigenvalue weighted by molar-refractivity contribution is -0.128. The molecule has 0 spiro atoms. The van der Waals surface area contributed by atoms with Crippen molar-refractivity contribution in [3.8, 4) is 5.75 Å². The number of nitrogens with zero attached hydrogens (tertiary/aromatic N) is 1. The number of likely N-dealkylation sites (N-methyl/N-ethyl adjacent to an activating group) is 1. The van der Waals surface area contributed by atoms with Gasteiger partial charge in [0.15, 0.2) is 0 Å². The quantitative estimate of drug-likeness (QED) is 0.820. The SMILES string of the molecule is COc1ccc(NC(=O)CNC2CCN(C)C2=O)cc1. The molecule has 6 nitrogen and oxygen atoms in total. The normalized spacial score (nSPS) is 18.2. The van der Waals surface area contributed by atoms with Crippen molar-refractivity contribution in [1.82, 2.24) is 10.2 Å². The molecule has 1 aromatic rings. The number of carbonyl (C=O) groups excluding carboxylic acids is 2. The number of ether oxygens (including phenoxy) is 1. The van der Waals surface area contributed by atoms with E-state index in [9.17, 15) is 9.59 Å². The Labute approximate surface area is 118 Å². The molecule has 1 saturated heterocycles. The largest absolute Gasteiger partial charge is 0.497 e. The first-order valence-corrected chi connectivity index (χ1v) is 6.52. The first-order valence-electron chi connectivity index (χ1n) is 6.52. The fourth-order valence-corrected chi connectivity index (χ4v) is 2.11. The molecule has 1 heterocycles. The second kappa shape index (κ2) is 6.38. The number of hydrogen-bond donors (Lipinski definition) is 2. The number of benzene rings is 1. The summed E-state index contributed by atoms with van der Waals surface area (Å²) >= 11 is 0. The van der Waals surface area contributed by atoms with Gasteiger partial charge in [0, 0.05) is 19.3 Å². The maximum atomic E-state index is 11.8. The van der Waals surface area contributed by atoms with E-state index < -0.39 is 0 Å². The summed E-state index contributed by atoms with van der Waals surface area (Å²) in [7, 11) is 3.36. The predicted octanol–water partition coefficient (Wildman–Crippen LogP) is 0.454. The minimum atomic E-state index is -0.249. The van der Waals surface area contributed by atoms with E-state index in [4.69, 9.17) is 4.74 Å². The molecule has 1 aromatic carbocycles. The fraction of sp³-hybridized carbons (Fsp3) is 0.429. The molecule has 1 fully saturated rings. The van der Waals surface area contributed by atoms with Crippen LogP contribution in [0.4, 0.5) is 5.69 Å². The molecule has 0 radical (unpaired) electrons. The van der Waals surface area contributed by atoms with Crippen LogP contribution in [0.3, 0.4) is 0 Å². The second-order valence-corrected chi connectivity index (χ2v) is 4.76. The van der Waals surface area contributed by atoms with E-state index in [1.165, 1.54) is 0 Å². The molecule has 0 saturated carbocycles. The van der Waals surface area contributed by atoms with Gasteiger partial charge in [-0.3, -0.25) is 14.9 Å². The summed E-state index contributed by atoms with van der Waals surface area (Å²) in [4.78, 5) is 25.1. The Kier molecular flexibility index (Phi) is 4.57. The van der Waals surface area contributed by atoms with E-state index in [1.807, 2.05) is 0 Å². The Morgan fingerprint density at radius 2 is 2.10 bits per heavy atom. The second-order valence-electron chi connectivity index (χ2n) is 4.76. The molecule has 6 heteroatoms. The van der Waals surface area contributed by atoms with Crippen molar-refractivity contribution in [1.29, 1.82) is 0 Å². The first kappa shape index (κ1) is 14.3. The molecular weight excluding hydrogens is 258 g/mol. The number of amides is 2. The van der Waals surface area contributed by atoms with Crippen molar-refractivity contribution in [3.63, 3.8) is 0 Å². The zero-order valence-corrected chi connectivity index (χ0v) is 11.7. The molecule has 2 amide bonds. The monoisotopic (exact) mass is 277 g/mol. The van der Waals surface area contributed by atoms with Gasteiger partial charge in [0.25, 0.3) is 0 Å². The molecular formula is C14H19N3O3. The van der Waals surface area contributed by atoms with Crippen molar-refractivity contribution < 1.29 is 14.3 Å². The maximum absolute atomic E-state index is 11.8. The summed E-state index contributed by atoms with van der Waals surface area (Å²) in [5.41, 5.74) is 0.701. The Balaban J connectivity index is 1.79. The molecule has 2 N–H and O–H groups in total. The summed E-state index contributed by atoms with van der Waals surface area (Å²) in [6, 6.07) is 6.84. The molecule has 1 aliphatic heterocycles. The molecule has 20 heavy (non-hydrogen) atoms. The van der Waals surface area contributed by atoms with Gasteiger partial charge in [0.2, 0.25) is 11.8 Å². The lowest BCUT2D eigenvalue weighted by Gasteiger charge is -2.12. The van der Waals surface area contributed by atoms with Crippen molar-refractivity contribution >= 4 is 17.5 Å². The van der Waals surface area contributed by atoms with E-state index in [2.05, 4.69) is 10.6 Å². The van der Waals surface area contributed by atoms with Gasteiger partial charge in [-0.05, 0) is 30.7 Å². The lowest BCUT2D eigenvalue weighted by atomic mass is 10.2. The topological polar surface area (TPSA) is 70.7 Å². The molecule has 1 aliphatic rings. The highest BCUT2D eigenvalue weighted by Gasteiger charge is 2.28. The summed E-state index contributed by atoms with van der Waals surface area (Å²) < 4.78 is 5.04. The molecule has 0 aromatic heterocycles. The van der Waals surface area contributed by atoms with Crippen LogP contribution < -0.4 is 15.4 Å². The van der Waals surface area contributed by atoms with Crippen LogP contribution in [-0.4, -0.2) is 50.0 Å². The Bertz CT molecular complexity index is 487. The predicted molar refractivity (Wildman–Crippen MR) is 75.7 cm³/mol. The summed E-state index contributed by atoms with van der Waals surface area (Å²) in [5, 5.41) is 5.74. The molecule has 1 unspecified atom stereocenters. The van der Waals surface area contributed by atoms with Gasteiger partial charge >= 0.3 is 0 Å². The van der Waals surface area contributed by atoms with Crippen LogP contribution in [0, 0.1) is 0 Å². The summed E-state index contributed by atoms with van der Waals surface area (Å²) in [6.07, 6.45) is 0.741. The van der Waals surface area contributed by atoms with Gasteiger partial charge in [-0.1, -0.05) is 0 Å². The van der Waals surface area contributed by atoms with Crippen molar-refractivity contribution in [2.75, 3.05) is 32.6 Å². The van der Waals surface area contributed by atoms with E-state index >= 15 is 0 Å². The standard InChI is InChI=1S/C14H19N3O3/c1-17-8-7-12(14(17)19)15-9-13(18)16-10-3-5-11(20-2)6-4-10/h3-6,12,15H,7-9H2,1-2H3,(H,16,18). The minimum Gasteiger partial charge on any atom is -0.497 e. The van der Waals surface area contributed by atoms with Crippen LogP contribution in [0.15, 0.2) is 24.3 Å². The van der Waals surface area contributed by atoms with Crippen LogP contribution in [0.5, 0.6) is 5.75 Å². The highest BCUT2D eigenvalue weighted by atomic mass is 16.5. The Morgan fingerprint density at radius 3 is 2.65 bits per heavy atom. The van der Waals surface area contributed by atoms with Crippen LogP contribution in [0.2, 0.25) is 0 Å². The average molecular weight is 277 g/mol. The number of nitrogens with one attached hydrogen (secondary N) is 2. The summed E-state index contributed by atoms with van der Waals surface area (Å²) in [5.74, 6) is 0.612. The number of methoxy groups -OCH3 is 1. The van der Waals surface area contributed by atoms with Crippen molar-refractivity contribution in [2.45, 2.75) is 12.5 Å².